The van der Waals surface area contributed by atoms with Crippen LogP contribution in [0.2, 0.25) is 0 Å². The number of esters is 1. The Morgan fingerprint density at radius 1 is 0.591 bits per heavy atom. The Bertz CT molecular complexity index is 1910. The van der Waals surface area contributed by atoms with Crippen molar-refractivity contribution in [2.45, 2.75) is 26.7 Å². The summed E-state index contributed by atoms with van der Waals surface area (Å²) in [6, 6.07) is 29.2. The molecule has 0 amide bonds. The van der Waals surface area contributed by atoms with Gasteiger partial charge in [0.2, 0.25) is 5.78 Å². The first kappa shape index (κ1) is 30.0. The molecule has 44 heavy (non-hydrogen) atoms. The Labute approximate surface area is 255 Å². The highest BCUT2D eigenvalue weighted by Crippen LogP contribution is 2.29. The number of hydrogen-bond donors (Lipinski definition) is 0. The van der Waals surface area contributed by atoms with E-state index in [1.807, 2.05) is 62.4 Å². The van der Waals surface area contributed by atoms with Crippen molar-refractivity contribution in [2.24, 2.45) is 0 Å². The van der Waals surface area contributed by atoms with Gasteiger partial charge in [-0.15, -0.1) is 0 Å². The largest absolute Gasteiger partial charge is 0.465 e. The third kappa shape index (κ3) is 6.15. The third-order valence-corrected chi connectivity index (χ3v) is 7.58. The monoisotopic (exact) mass is 582 g/mol. The second-order valence-electron chi connectivity index (χ2n) is 10.8. The van der Waals surface area contributed by atoms with E-state index in [0.29, 0.717) is 28.7 Å². The maximum Gasteiger partial charge on any atom is 0.342 e. The molecule has 0 saturated heterocycles. The summed E-state index contributed by atoms with van der Waals surface area (Å²) in [6.07, 6.45) is 2.19. The lowest BCUT2D eigenvalue weighted by Gasteiger charge is -2.20. The number of rotatable bonds is 5. The fraction of sp³-hybridized carbons (Fsp3) is 0.132. The van der Waals surface area contributed by atoms with Gasteiger partial charge in [-0.3, -0.25) is 19.2 Å². The van der Waals surface area contributed by atoms with Crippen LogP contribution in [0.1, 0.15) is 63.7 Å². The molecular formula is C38H30O6. The zero-order chi connectivity index (χ0) is 31.4. The quantitative estimate of drug-likeness (QED) is 0.194. The summed E-state index contributed by atoms with van der Waals surface area (Å²) in [4.78, 5) is 62.2. The van der Waals surface area contributed by atoms with Crippen molar-refractivity contribution in [3.8, 4) is 0 Å². The number of carbonyl (C=O) groups is 5. The normalized spacial score (nSPS) is 13.8. The van der Waals surface area contributed by atoms with E-state index in [1.54, 1.807) is 48.5 Å². The highest BCUT2D eigenvalue weighted by molar-refractivity contribution is 6.35. The molecule has 6 heteroatoms. The minimum Gasteiger partial charge on any atom is -0.465 e. The molecule has 6 rings (SSSR count). The second-order valence-corrected chi connectivity index (χ2v) is 10.8. The average Bonchev–Trinajstić information content (AvgIpc) is 3.02. The van der Waals surface area contributed by atoms with Crippen LogP contribution in [0.15, 0.2) is 120 Å². The van der Waals surface area contributed by atoms with Gasteiger partial charge in [0, 0.05) is 46.2 Å². The topological polar surface area (TPSA) is 94.6 Å². The molecular weight excluding hydrogens is 552 g/mol. The number of hydrogen-bond acceptors (Lipinski definition) is 6. The maximum atomic E-state index is 12.9. The zero-order valence-corrected chi connectivity index (χ0v) is 24.7. The van der Waals surface area contributed by atoms with Gasteiger partial charge in [-0.1, -0.05) is 108 Å². The van der Waals surface area contributed by atoms with Crippen LogP contribution in [0.5, 0.6) is 0 Å². The summed E-state index contributed by atoms with van der Waals surface area (Å²) >= 11 is 0. The van der Waals surface area contributed by atoms with E-state index in [0.717, 1.165) is 22.3 Å². The molecule has 6 nitrogen and oxygen atoms in total. The molecule has 218 valence electrons. The fourth-order valence-corrected chi connectivity index (χ4v) is 5.48. The van der Waals surface area contributed by atoms with Crippen LogP contribution in [-0.4, -0.2) is 36.2 Å². The number of benzene rings is 4. The second kappa shape index (κ2) is 12.8. The van der Waals surface area contributed by atoms with Crippen LogP contribution in [0.3, 0.4) is 0 Å². The van der Waals surface area contributed by atoms with Gasteiger partial charge in [0.15, 0.2) is 17.3 Å². The molecule has 0 spiro atoms. The Kier molecular flexibility index (Phi) is 8.72. The van der Waals surface area contributed by atoms with E-state index in [1.165, 1.54) is 13.2 Å². The number of methoxy groups -OCH3 is 1. The summed E-state index contributed by atoms with van der Waals surface area (Å²) in [6.45, 7) is 3.96. The summed E-state index contributed by atoms with van der Waals surface area (Å²) in [5.41, 5.74) is 6.31. The van der Waals surface area contributed by atoms with Gasteiger partial charge >= 0.3 is 5.97 Å². The van der Waals surface area contributed by atoms with Crippen LogP contribution >= 0.6 is 0 Å². The Morgan fingerprint density at radius 2 is 1.09 bits per heavy atom. The number of carbonyl (C=O) groups excluding carboxylic acids is 5. The van der Waals surface area contributed by atoms with Crippen molar-refractivity contribution in [1.82, 2.24) is 0 Å². The highest BCUT2D eigenvalue weighted by atomic mass is 16.5. The molecule has 0 aromatic heterocycles. The smallest absolute Gasteiger partial charge is 0.342 e. The molecule has 0 unspecified atom stereocenters. The summed E-state index contributed by atoms with van der Waals surface area (Å²) in [5.74, 6) is -1.65. The number of allylic oxidation sites excluding steroid dienone is 3. The minimum absolute atomic E-state index is 0.0401. The number of ether oxygens (including phenoxy) is 1. The fourth-order valence-electron chi connectivity index (χ4n) is 5.48. The predicted octanol–water partition coefficient (Wildman–Crippen LogP) is 6.63. The molecule has 4 aromatic rings. The molecule has 2 aliphatic rings. The van der Waals surface area contributed by atoms with Crippen molar-refractivity contribution in [3.63, 3.8) is 0 Å². The highest BCUT2D eigenvalue weighted by Gasteiger charge is 2.36. The first-order chi connectivity index (χ1) is 21.2. The molecule has 0 heterocycles. The molecule has 0 saturated carbocycles. The lowest BCUT2D eigenvalue weighted by molar-refractivity contribution is -0.135. The van der Waals surface area contributed by atoms with Crippen LogP contribution < -0.4 is 0 Å². The van der Waals surface area contributed by atoms with Crippen molar-refractivity contribution in [2.75, 3.05) is 7.11 Å². The third-order valence-electron chi connectivity index (χ3n) is 7.58. The van der Waals surface area contributed by atoms with Gasteiger partial charge in [-0.2, -0.15) is 0 Å². The molecule has 0 atom stereocenters. The number of fused-ring (bicyclic) bond motifs is 2. The standard InChI is InChI=1S/C20H16O4.C18H14O2/c1-12-6-5-7-13(10-12)11-16-17(20(23)24-2)19(22)15-9-4-3-8-14(15)18(16)21;1-12-5-4-6-13(9-12)10-14-11-17(19)15-7-2-3-8-16(15)18(14)20/h3-10H,11H2,1-2H3;2-9,11H,10H2,1H3. The van der Waals surface area contributed by atoms with Crippen LogP contribution in [-0.2, 0) is 22.4 Å². The molecule has 0 bridgehead atoms. The predicted molar refractivity (Wildman–Crippen MR) is 167 cm³/mol. The van der Waals surface area contributed by atoms with Gasteiger partial charge in [0.25, 0.3) is 0 Å². The molecule has 4 aromatic carbocycles. The number of Topliss-reactive ketones (excluding diaryl/α,β-unsaturated/α-hetero) is 3. The van der Waals surface area contributed by atoms with E-state index in [9.17, 15) is 24.0 Å². The van der Waals surface area contributed by atoms with E-state index in [2.05, 4.69) is 0 Å². The minimum atomic E-state index is -0.773. The van der Waals surface area contributed by atoms with Gasteiger partial charge < -0.3 is 4.74 Å². The lowest BCUT2D eigenvalue weighted by Crippen LogP contribution is -2.28. The van der Waals surface area contributed by atoms with Crippen molar-refractivity contribution >= 4 is 29.1 Å². The zero-order valence-electron chi connectivity index (χ0n) is 24.7. The van der Waals surface area contributed by atoms with Crippen molar-refractivity contribution < 1.29 is 28.7 Å². The SMILES string of the molecule is COC(=O)C1=C(Cc2cccc(C)c2)C(=O)c2ccccc2C1=O.Cc1cccc(CC2=CC(=O)c3ccccc3C2=O)c1. The van der Waals surface area contributed by atoms with Crippen molar-refractivity contribution in [1.29, 1.82) is 0 Å². The summed E-state index contributed by atoms with van der Waals surface area (Å²) in [7, 11) is 1.21. The molecule has 0 fully saturated rings. The average molecular weight is 583 g/mol. The van der Waals surface area contributed by atoms with E-state index in [-0.39, 0.29) is 40.5 Å². The molecule has 2 aliphatic carbocycles. The Balaban J connectivity index is 0.000000177. The Hall–Kier alpha value is -5.49. The van der Waals surface area contributed by atoms with E-state index in [4.69, 9.17) is 4.74 Å². The molecule has 0 aliphatic heterocycles. The Morgan fingerprint density at radius 3 is 1.64 bits per heavy atom. The van der Waals surface area contributed by atoms with Crippen LogP contribution in [0.25, 0.3) is 0 Å². The van der Waals surface area contributed by atoms with Gasteiger partial charge in [-0.05, 0) is 31.1 Å². The number of ketones is 4. The molecule has 0 radical (unpaired) electrons. The van der Waals surface area contributed by atoms with Gasteiger partial charge in [0.1, 0.15) is 5.57 Å². The summed E-state index contributed by atoms with van der Waals surface area (Å²) in [5, 5.41) is 0. The van der Waals surface area contributed by atoms with Crippen molar-refractivity contribution in [3.05, 3.63) is 164 Å². The molecule has 0 N–H and O–H groups in total. The van der Waals surface area contributed by atoms with Crippen LogP contribution in [0.4, 0.5) is 0 Å². The lowest BCUT2D eigenvalue weighted by atomic mass is 9.81. The maximum absolute atomic E-state index is 12.9. The van der Waals surface area contributed by atoms with Gasteiger partial charge in [-0.25, -0.2) is 4.79 Å². The van der Waals surface area contributed by atoms with E-state index >= 15 is 0 Å². The summed E-state index contributed by atoms with van der Waals surface area (Å²) < 4.78 is 4.75. The first-order valence-corrected chi connectivity index (χ1v) is 14.2. The number of aryl methyl sites for hydroxylation is 2. The van der Waals surface area contributed by atoms with Crippen LogP contribution in [0, 0.1) is 13.8 Å². The van der Waals surface area contributed by atoms with E-state index < -0.39 is 11.8 Å². The first-order valence-electron chi connectivity index (χ1n) is 14.2. The van der Waals surface area contributed by atoms with Gasteiger partial charge in [0.05, 0.1) is 7.11 Å².